The number of rotatable bonds is 6. The van der Waals surface area contributed by atoms with Crippen LogP contribution in [0.15, 0.2) is 22.7 Å². The van der Waals surface area contributed by atoms with Gasteiger partial charge in [-0.2, -0.15) is 0 Å². The molecule has 2 aliphatic heterocycles. The average molecular weight is 379 g/mol. The van der Waals surface area contributed by atoms with Gasteiger partial charge in [-0.15, -0.1) is 21.5 Å². The maximum absolute atomic E-state index is 5.71. The van der Waals surface area contributed by atoms with Crippen LogP contribution in [-0.4, -0.2) is 51.2 Å². The van der Waals surface area contributed by atoms with Crippen molar-refractivity contribution in [1.29, 1.82) is 0 Å². The SMILES string of the molecule is Cn1c(SC[C@H]2CCCO2)nnc1C1CCN(Cc2cccs2)CC1. The number of nitrogens with zero attached hydrogens (tertiary/aromatic N) is 4. The van der Waals surface area contributed by atoms with E-state index in [0.29, 0.717) is 12.0 Å². The van der Waals surface area contributed by atoms with Gasteiger partial charge in [0.25, 0.3) is 0 Å². The summed E-state index contributed by atoms with van der Waals surface area (Å²) in [5.41, 5.74) is 0. The lowest BCUT2D eigenvalue weighted by molar-refractivity contribution is 0.129. The molecule has 25 heavy (non-hydrogen) atoms. The Balaban J connectivity index is 1.30. The summed E-state index contributed by atoms with van der Waals surface area (Å²) < 4.78 is 7.92. The monoisotopic (exact) mass is 378 g/mol. The number of ether oxygens (including phenoxy) is 1. The molecule has 1 atom stereocenters. The van der Waals surface area contributed by atoms with Gasteiger partial charge in [0, 0.05) is 36.7 Å². The molecular weight excluding hydrogens is 352 g/mol. The molecule has 0 saturated carbocycles. The molecule has 0 bridgehead atoms. The van der Waals surface area contributed by atoms with Gasteiger partial charge < -0.3 is 9.30 Å². The molecule has 0 unspecified atom stereocenters. The quantitative estimate of drug-likeness (QED) is 0.720. The third-order valence-electron chi connectivity index (χ3n) is 5.20. The lowest BCUT2D eigenvalue weighted by Gasteiger charge is -2.31. The summed E-state index contributed by atoms with van der Waals surface area (Å²) in [7, 11) is 2.12. The van der Waals surface area contributed by atoms with E-state index in [-0.39, 0.29) is 0 Å². The summed E-state index contributed by atoms with van der Waals surface area (Å²) in [5, 5.41) is 12.2. The number of thiophene rings is 1. The molecule has 5 nitrogen and oxygen atoms in total. The average Bonchev–Trinajstić information content (AvgIpc) is 3.37. The second-order valence-electron chi connectivity index (χ2n) is 6.98. The van der Waals surface area contributed by atoms with Crippen molar-refractivity contribution in [3.05, 3.63) is 28.2 Å². The highest BCUT2D eigenvalue weighted by molar-refractivity contribution is 7.99. The number of hydrogen-bond acceptors (Lipinski definition) is 6. The molecule has 2 aromatic rings. The van der Waals surface area contributed by atoms with E-state index in [4.69, 9.17) is 4.74 Å². The molecule has 0 aliphatic carbocycles. The first kappa shape index (κ1) is 17.5. The maximum Gasteiger partial charge on any atom is 0.191 e. The molecule has 0 aromatic carbocycles. The topological polar surface area (TPSA) is 43.2 Å². The van der Waals surface area contributed by atoms with Crippen LogP contribution in [0.1, 0.15) is 42.3 Å². The Kier molecular flexibility index (Phi) is 5.75. The Morgan fingerprint density at radius 1 is 1.28 bits per heavy atom. The van der Waals surface area contributed by atoms with Crippen molar-refractivity contribution in [2.45, 2.75) is 49.4 Å². The van der Waals surface area contributed by atoms with E-state index in [2.05, 4.69) is 44.2 Å². The number of piperidine rings is 1. The van der Waals surface area contributed by atoms with Crippen LogP contribution in [0.3, 0.4) is 0 Å². The van der Waals surface area contributed by atoms with Crippen LogP contribution in [0.25, 0.3) is 0 Å². The van der Waals surface area contributed by atoms with Crippen molar-refractivity contribution in [2.24, 2.45) is 7.05 Å². The molecule has 0 N–H and O–H groups in total. The van der Waals surface area contributed by atoms with Crippen LogP contribution in [0.2, 0.25) is 0 Å². The first-order chi connectivity index (χ1) is 12.3. The Bertz CT molecular complexity index is 659. The summed E-state index contributed by atoms with van der Waals surface area (Å²) in [6.07, 6.45) is 5.12. The van der Waals surface area contributed by atoms with Gasteiger partial charge >= 0.3 is 0 Å². The minimum absolute atomic E-state index is 0.394. The lowest BCUT2D eigenvalue weighted by Crippen LogP contribution is -2.33. The van der Waals surface area contributed by atoms with Gasteiger partial charge in [0.15, 0.2) is 5.16 Å². The Labute approximate surface area is 157 Å². The fourth-order valence-electron chi connectivity index (χ4n) is 3.72. The highest BCUT2D eigenvalue weighted by Gasteiger charge is 2.26. The van der Waals surface area contributed by atoms with E-state index < -0.39 is 0 Å². The van der Waals surface area contributed by atoms with Crippen LogP contribution in [0.4, 0.5) is 0 Å². The van der Waals surface area contributed by atoms with Crippen LogP contribution >= 0.6 is 23.1 Å². The van der Waals surface area contributed by atoms with E-state index in [1.54, 1.807) is 11.8 Å². The summed E-state index contributed by atoms with van der Waals surface area (Å²) >= 11 is 3.64. The smallest absolute Gasteiger partial charge is 0.191 e. The standard InChI is InChI=1S/C18H26N4OS2/c1-21-17(19-20-18(21)25-13-15-4-2-10-23-15)14-6-8-22(9-7-14)12-16-5-3-11-24-16/h3,5,11,14-15H,2,4,6-10,12-13H2,1H3/t15-/m1/s1. The second-order valence-corrected chi connectivity index (χ2v) is 9.00. The van der Waals surface area contributed by atoms with Gasteiger partial charge in [-0.3, -0.25) is 4.90 Å². The normalized spacial score (nSPS) is 22.7. The molecule has 2 saturated heterocycles. The number of aromatic nitrogens is 3. The van der Waals surface area contributed by atoms with Gasteiger partial charge in [-0.25, -0.2) is 0 Å². The summed E-state index contributed by atoms with van der Waals surface area (Å²) in [6, 6.07) is 4.37. The first-order valence-electron chi connectivity index (χ1n) is 9.18. The Morgan fingerprint density at radius 3 is 2.88 bits per heavy atom. The van der Waals surface area contributed by atoms with Crippen LogP contribution < -0.4 is 0 Å². The summed E-state index contributed by atoms with van der Waals surface area (Å²) in [4.78, 5) is 4.02. The Hall–Kier alpha value is -0.890. The van der Waals surface area contributed by atoms with Crippen LogP contribution in [0.5, 0.6) is 0 Å². The number of hydrogen-bond donors (Lipinski definition) is 0. The van der Waals surface area contributed by atoms with Crippen molar-refractivity contribution in [3.63, 3.8) is 0 Å². The molecule has 4 heterocycles. The predicted molar refractivity (Wildman–Crippen MR) is 102 cm³/mol. The van der Waals surface area contributed by atoms with Crippen molar-refractivity contribution in [3.8, 4) is 0 Å². The predicted octanol–water partition coefficient (Wildman–Crippen LogP) is 3.53. The molecule has 2 fully saturated rings. The van der Waals surface area contributed by atoms with Crippen molar-refractivity contribution in [1.82, 2.24) is 19.7 Å². The number of thioether (sulfide) groups is 1. The van der Waals surface area contributed by atoms with Crippen LogP contribution in [0, 0.1) is 0 Å². The fraction of sp³-hybridized carbons (Fsp3) is 0.667. The van der Waals surface area contributed by atoms with Gasteiger partial charge in [-0.05, 0) is 50.2 Å². The van der Waals surface area contributed by atoms with E-state index in [0.717, 1.165) is 43.0 Å². The zero-order valence-corrected chi connectivity index (χ0v) is 16.4. The highest BCUT2D eigenvalue weighted by atomic mass is 32.2. The molecule has 2 aromatic heterocycles. The molecule has 0 amide bonds. The zero-order chi connectivity index (χ0) is 17.1. The largest absolute Gasteiger partial charge is 0.377 e. The third-order valence-corrected chi connectivity index (χ3v) is 7.22. The zero-order valence-electron chi connectivity index (χ0n) is 14.8. The lowest BCUT2D eigenvalue weighted by atomic mass is 9.96. The van der Waals surface area contributed by atoms with Crippen molar-refractivity contribution >= 4 is 23.1 Å². The fourth-order valence-corrected chi connectivity index (χ4v) is 5.45. The molecule has 0 radical (unpaired) electrons. The molecular formula is C18H26N4OS2. The molecule has 7 heteroatoms. The molecule has 0 spiro atoms. The van der Waals surface area contributed by atoms with Crippen LogP contribution in [-0.2, 0) is 18.3 Å². The highest BCUT2D eigenvalue weighted by Crippen LogP contribution is 2.30. The van der Waals surface area contributed by atoms with E-state index in [1.165, 1.54) is 30.6 Å². The van der Waals surface area contributed by atoms with Gasteiger partial charge in [0.1, 0.15) is 5.82 Å². The molecule has 4 rings (SSSR count). The Morgan fingerprint density at radius 2 is 2.16 bits per heavy atom. The van der Waals surface area contributed by atoms with E-state index in [9.17, 15) is 0 Å². The number of likely N-dealkylation sites (tertiary alicyclic amines) is 1. The van der Waals surface area contributed by atoms with Gasteiger partial charge in [-0.1, -0.05) is 17.8 Å². The minimum Gasteiger partial charge on any atom is -0.377 e. The van der Waals surface area contributed by atoms with E-state index >= 15 is 0 Å². The maximum atomic E-state index is 5.71. The second kappa shape index (κ2) is 8.20. The van der Waals surface area contributed by atoms with E-state index in [1.807, 2.05) is 11.3 Å². The molecule has 136 valence electrons. The summed E-state index contributed by atoms with van der Waals surface area (Å²) in [5.74, 6) is 2.69. The third kappa shape index (κ3) is 4.27. The van der Waals surface area contributed by atoms with Gasteiger partial charge in [0.2, 0.25) is 0 Å². The first-order valence-corrected chi connectivity index (χ1v) is 11.0. The minimum atomic E-state index is 0.394. The van der Waals surface area contributed by atoms with Crippen molar-refractivity contribution < 1.29 is 4.74 Å². The summed E-state index contributed by atoms with van der Waals surface area (Å²) in [6.45, 7) is 4.30. The van der Waals surface area contributed by atoms with Gasteiger partial charge in [0.05, 0.1) is 6.10 Å². The molecule has 2 aliphatic rings. The van der Waals surface area contributed by atoms with Crippen molar-refractivity contribution in [2.75, 3.05) is 25.4 Å².